The van der Waals surface area contributed by atoms with Gasteiger partial charge in [0.1, 0.15) is 0 Å². The van der Waals surface area contributed by atoms with Gasteiger partial charge in [0.15, 0.2) is 0 Å². The highest BCUT2D eigenvalue weighted by Gasteiger charge is 2.55. The van der Waals surface area contributed by atoms with Gasteiger partial charge in [-0.15, -0.1) is 0 Å². The second kappa shape index (κ2) is 3.63. The monoisotopic (exact) mass is 182 g/mol. The van der Waals surface area contributed by atoms with Crippen molar-refractivity contribution in [2.24, 2.45) is 29.1 Å². The Morgan fingerprint density at radius 1 is 1.23 bits per heavy atom. The van der Waals surface area contributed by atoms with Crippen molar-refractivity contribution in [2.45, 2.75) is 54.4 Å². The second-order valence-electron chi connectivity index (χ2n) is 5.34. The lowest BCUT2D eigenvalue weighted by atomic mass is 9.44. The summed E-state index contributed by atoms with van der Waals surface area (Å²) in [6.07, 6.45) is 2.70. The van der Waals surface area contributed by atoms with Gasteiger partial charge in [-0.05, 0) is 29.1 Å². The van der Waals surface area contributed by atoms with Crippen molar-refractivity contribution in [3.8, 4) is 0 Å². The number of hydrogen-bond acceptors (Lipinski definition) is 0. The van der Waals surface area contributed by atoms with Crippen LogP contribution in [-0.2, 0) is 0 Å². The molecule has 0 heterocycles. The summed E-state index contributed by atoms with van der Waals surface area (Å²) in [5.74, 6) is 3.73. The standard InChI is InChI=1S/C13H26/c1-7-9(3)13(6)11(5)10(4)12(13)8-2/h9-12H,7-8H2,1-6H3. The first-order valence-corrected chi connectivity index (χ1v) is 6.00. The van der Waals surface area contributed by atoms with Crippen LogP contribution in [0.1, 0.15) is 54.4 Å². The molecule has 78 valence electrons. The second-order valence-corrected chi connectivity index (χ2v) is 5.34. The van der Waals surface area contributed by atoms with Crippen LogP contribution in [0, 0.1) is 29.1 Å². The van der Waals surface area contributed by atoms with Gasteiger partial charge in [-0.1, -0.05) is 54.4 Å². The van der Waals surface area contributed by atoms with Gasteiger partial charge >= 0.3 is 0 Å². The summed E-state index contributed by atoms with van der Waals surface area (Å²) >= 11 is 0. The molecule has 0 spiro atoms. The van der Waals surface area contributed by atoms with Crippen molar-refractivity contribution >= 4 is 0 Å². The Labute approximate surface area is 84.1 Å². The minimum absolute atomic E-state index is 0.628. The van der Waals surface area contributed by atoms with Crippen LogP contribution in [0.2, 0.25) is 0 Å². The largest absolute Gasteiger partial charge is 0.0651 e. The van der Waals surface area contributed by atoms with Crippen LogP contribution < -0.4 is 0 Å². The molecule has 0 aromatic heterocycles. The highest BCUT2D eigenvalue weighted by Crippen LogP contribution is 2.61. The van der Waals surface area contributed by atoms with E-state index in [1.807, 2.05) is 0 Å². The zero-order valence-electron chi connectivity index (χ0n) is 10.2. The van der Waals surface area contributed by atoms with Crippen LogP contribution in [0.5, 0.6) is 0 Å². The molecule has 0 aromatic carbocycles. The molecule has 13 heavy (non-hydrogen) atoms. The maximum atomic E-state index is 2.51. The van der Waals surface area contributed by atoms with Crippen LogP contribution in [0.25, 0.3) is 0 Å². The van der Waals surface area contributed by atoms with Crippen LogP contribution >= 0.6 is 0 Å². The third-order valence-electron chi connectivity index (χ3n) is 5.32. The molecule has 0 saturated heterocycles. The first-order valence-electron chi connectivity index (χ1n) is 6.00. The van der Waals surface area contributed by atoms with E-state index in [0.29, 0.717) is 5.41 Å². The summed E-state index contributed by atoms with van der Waals surface area (Å²) in [5.41, 5.74) is 0.628. The van der Waals surface area contributed by atoms with E-state index in [2.05, 4.69) is 41.5 Å². The minimum Gasteiger partial charge on any atom is -0.0651 e. The normalized spacial score (nSPS) is 47.1. The maximum Gasteiger partial charge on any atom is -0.0241 e. The summed E-state index contributed by atoms with van der Waals surface area (Å²) in [7, 11) is 0. The number of hydrogen-bond donors (Lipinski definition) is 0. The van der Waals surface area contributed by atoms with Crippen LogP contribution in [0.4, 0.5) is 0 Å². The van der Waals surface area contributed by atoms with Gasteiger partial charge in [-0.2, -0.15) is 0 Å². The lowest BCUT2D eigenvalue weighted by Crippen LogP contribution is -2.55. The lowest BCUT2D eigenvalue weighted by Gasteiger charge is -2.61. The molecular weight excluding hydrogens is 156 g/mol. The molecule has 5 atom stereocenters. The highest BCUT2D eigenvalue weighted by molar-refractivity contribution is 5.03. The third kappa shape index (κ3) is 1.33. The fourth-order valence-electron chi connectivity index (χ4n) is 3.77. The van der Waals surface area contributed by atoms with Gasteiger partial charge in [0.25, 0.3) is 0 Å². The van der Waals surface area contributed by atoms with E-state index in [9.17, 15) is 0 Å². The molecule has 1 aliphatic carbocycles. The van der Waals surface area contributed by atoms with E-state index in [0.717, 1.165) is 23.7 Å². The summed E-state index contributed by atoms with van der Waals surface area (Å²) < 4.78 is 0. The predicted molar refractivity (Wildman–Crippen MR) is 59.7 cm³/mol. The minimum atomic E-state index is 0.628. The Bertz CT molecular complexity index is 167. The maximum absolute atomic E-state index is 2.51. The van der Waals surface area contributed by atoms with E-state index in [1.165, 1.54) is 12.8 Å². The van der Waals surface area contributed by atoms with Gasteiger partial charge in [0.2, 0.25) is 0 Å². The van der Waals surface area contributed by atoms with E-state index < -0.39 is 0 Å². The summed E-state index contributed by atoms with van der Waals surface area (Å²) in [5, 5.41) is 0. The average molecular weight is 182 g/mol. The molecule has 0 amide bonds. The average Bonchev–Trinajstić information content (AvgIpc) is 2.16. The van der Waals surface area contributed by atoms with E-state index in [1.54, 1.807) is 0 Å². The Kier molecular flexibility index (Phi) is 3.09. The highest BCUT2D eigenvalue weighted by atomic mass is 14.6. The molecule has 1 aliphatic rings. The van der Waals surface area contributed by atoms with Crippen LogP contribution in [0.15, 0.2) is 0 Å². The van der Waals surface area contributed by atoms with E-state index >= 15 is 0 Å². The van der Waals surface area contributed by atoms with Gasteiger partial charge in [-0.25, -0.2) is 0 Å². The van der Waals surface area contributed by atoms with Crippen molar-refractivity contribution in [1.29, 1.82) is 0 Å². The molecule has 1 rings (SSSR count). The molecule has 1 saturated carbocycles. The van der Waals surface area contributed by atoms with Crippen molar-refractivity contribution < 1.29 is 0 Å². The zero-order valence-corrected chi connectivity index (χ0v) is 10.2. The quantitative estimate of drug-likeness (QED) is 0.608. The molecule has 0 aromatic rings. The van der Waals surface area contributed by atoms with Gasteiger partial charge in [0.05, 0.1) is 0 Å². The number of rotatable bonds is 3. The Hall–Kier alpha value is 0. The summed E-state index contributed by atoms with van der Waals surface area (Å²) in [6, 6.07) is 0. The fourth-order valence-corrected chi connectivity index (χ4v) is 3.77. The first kappa shape index (κ1) is 11.1. The zero-order chi connectivity index (χ0) is 10.2. The van der Waals surface area contributed by atoms with Crippen molar-refractivity contribution in [3.05, 3.63) is 0 Å². The Morgan fingerprint density at radius 3 is 2.15 bits per heavy atom. The Balaban J connectivity index is 2.77. The summed E-state index contributed by atoms with van der Waals surface area (Å²) in [4.78, 5) is 0. The summed E-state index contributed by atoms with van der Waals surface area (Å²) in [6.45, 7) is 14.5. The van der Waals surface area contributed by atoms with Gasteiger partial charge in [0, 0.05) is 0 Å². The molecule has 0 bridgehead atoms. The molecule has 0 nitrogen and oxygen atoms in total. The van der Waals surface area contributed by atoms with Crippen molar-refractivity contribution in [1.82, 2.24) is 0 Å². The molecular formula is C13H26. The SMILES string of the molecule is CCC(C)C1(C)C(C)C(C)C1CC. The van der Waals surface area contributed by atoms with Crippen molar-refractivity contribution in [3.63, 3.8) is 0 Å². The fraction of sp³-hybridized carbons (Fsp3) is 1.00. The van der Waals surface area contributed by atoms with Crippen LogP contribution in [0.3, 0.4) is 0 Å². The predicted octanol–water partition coefficient (Wildman–Crippen LogP) is 4.35. The third-order valence-corrected chi connectivity index (χ3v) is 5.32. The molecule has 0 heteroatoms. The first-order chi connectivity index (χ1) is 6.00. The van der Waals surface area contributed by atoms with Crippen LogP contribution in [-0.4, -0.2) is 0 Å². The molecule has 5 unspecified atom stereocenters. The van der Waals surface area contributed by atoms with E-state index in [4.69, 9.17) is 0 Å². The molecule has 1 fully saturated rings. The van der Waals surface area contributed by atoms with E-state index in [-0.39, 0.29) is 0 Å². The molecule has 0 N–H and O–H groups in total. The smallest absolute Gasteiger partial charge is 0.0241 e. The topological polar surface area (TPSA) is 0 Å². The molecule has 0 radical (unpaired) electrons. The molecule has 0 aliphatic heterocycles. The van der Waals surface area contributed by atoms with Gasteiger partial charge < -0.3 is 0 Å². The van der Waals surface area contributed by atoms with Gasteiger partial charge in [-0.3, -0.25) is 0 Å². The Morgan fingerprint density at radius 2 is 1.77 bits per heavy atom. The van der Waals surface area contributed by atoms with Crippen molar-refractivity contribution in [2.75, 3.05) is 0 Å². The lowest BCUT2D eigenvalue weighted by molar-refractivity contribution is -0.131.